The van der Waals surface area contributed by atoms with E-state index in [0.717, 1.165) is 44.8 Å². The fourth-order valence-electron chi connectivity index (χ4n) is 10.0. The average Bonchev–Trinajstić information content (AvgIpc) is 2.79. The van der Waals surface area contributed by atoms with Gasteiger partial charge in [0.1, 0.15) is 6.29 Å². The summed E-state index contributed by atoms with van der Waals surface area (Å²) < 4.78 is 0. The van der Waals surface area contributed by atoms with E-state index in [1.807, 2.05) is 19.9 Å². The van der Waals surface area contributed by atoms with E-state index in [1.165, 1.54) is 5.57 Å². The lowest BCUT2D eigenvalue weighted by Gasteiger charge is -2.71. The van der Waals surface area contributed by atoms with Gasteiger partial charge < -0.3 is 20.1 Å². The van der Waals surface area contributed by atoms with Crippen molar-refractivity contribution in [1.82, 2.24) is 0 Å². The van der Waals surface area contributed by atoms with Crippen molar-refractivity contribution in [2.24, 2.45) is 50.7 Å². The topological polar surface area (TPSA) is 77.8 Å². The number of fused-ring (bicyclic) bond motifs is 7. The second-order valence-corrected chi connectivity index (χ2v) is 13.6. The van der Waals surface area contributed by atoms with Gasteiger partial charge in [0.15, 0.2) is 0 Å². The van der Waals surface area contributed by atoms with Gasteiger partial charge in [-0.15, -0.1) is 0 Å². The Hall–Kier alpha value is -0.970. The number of hydrogen-bond acceptors (Lipinski definition) is 4. The highest BCUT2D eigenvalue weighted by atomic mass is 16.3. The van der Waals surface area contributed by atoms with Gasteiger partial charge in [-0.25, -0.2) is 0 Å². The maximum absolute atomic E-state index is 12.3. The smallest absolute Gasteiger partial charge is 0.128 e. The first kappa shape index (κ1) is 23.8. The number of carbonyl (C=O) groups is 1. The van der Waals surface area contributed by atoms with Crippen LogP contribution in [0.2, 0.25) is 0 Å². The Bertz CT molecular complexity index is 894. The number of aldehydes is 1. The predicted molar refractivity (Wildman–Crippen MR) is 129 cm³/mol. The normalized spacial score (nSPS) is 57.8. The molecule has 3 saturated carbocycles. The highest BCUT2D eigenvalue weighted by molar-refractivity contribution is 5.61. The maximum Gasteiger partial charge on any atom is 0.128 e. The molecule has 0 aromatic heterocycles. The fourth-order valence-corrected chi connectivity index (χ4v) is 10.0. The molecule has 0 saturated heterocycles. The zero-order chi connectivity index (χ0) is 24.0. The molecule has 0 amide bonds. The zero-order valence-corrected chi connectivity index (χ0v) is 21.2. The molecule has 0 aromatic rings. The van der Waals surface area contributed by atoms with E-state index in [0.29, 0.717) is 18.3 Å². The molecule has 3 fully saturated rings. The Labute approximate surface area is 199 Å². The lowest BCUT2D eigenvalue weighted by molar-refractivity contribution is -0.232. The van der Waals surface area contributed by atoms with Crippen LogP contribution in [0.25, 0.3) is 0 Å². The zero-order valence-electron chi connectivity index (χ0n) is 21.2. The molecule has 4 heteroatoms. The first-order chi connectivity index (χ1) is 15.4. The third kappa shape index (κ3) is 2.78. The van der Waals surface area contributed by atoms with Crippen molar-refractivity contribution in [3.05, 3.63) is 23.8 Å². The standard InChI is InChI=1S/C29H44O4/c1-25(16-30)12-8-18-9-14-28(4)19(23(18)24(25)33)6-7-21-26(2)13-11-22(32)27(3,17-31)20(26)10-15-29(21,28)5/h8-9,12,17,19-24,30,32-33H,6-7,10-11,13-16H2,1-5H3. The van der Waals surface area contributed by atoms with E-state index in [9.17, 15) is 20.1 Å². The average molecular weight is 457 g/mol. The first-order valence-electron chi connectivity index (χ1n) is 13.2. The van der Waals surface area contributed by atoms with Gasteiger partial charge >= 0.3 is 0 Å². The molecule has 4 nitrogen and oxygen atoms in total. The molecule has 11 unspecified atom stereocenters. The van der Waals surface area contributed by atoms with Gasteiger partial charge in [0.25, 0.3) is 0 Å². The summed E-state index contributed by atoms with van der Waals surface area (Å²) in [6, 6.07) is 0. The summed E-state index contributed by atoms with van der Waals surface area (Å²) in [6.07, 6.45) is 13.5. The van der Waals surface area contributed by atoms with Crippen LogP contribution in [0.15, 0.2) is 23.8 Å². The molecule has 33 heavy (non-hydrogen) atoms. The minimum atomic E-state index is -0.654. The molecule has 5 aliphatic carbocycles. The summed E-state index contributed by atoms with van der Waals surface area (Å²) >= 11 is 0. The minimum absolute atomic E-state index is 0.0376. The second-order valence-electron chi connectivity index (χ2n) is 13.6. The Morgan fingerprint density at radius 3 is 2.36 bits per heavy atom. The van der Waals surface area contributed by atoms with Gasteiger partial charge in [0.2, 0.25) is 0 Å². The SMILES string of the molecule is CC1(CO)C=CC2=CCC3(C)C(CCC4C5(C)CCC(O)C(C)(C=O)C5CCC43C)C2C1O. The highest BCUT2D eigenvalue weighted by Crippen LogP contribution is 2.74. The Kier molecular flexibility index (Phi) is 5.24. The minimum Gasteiger partial charge on any atom is -0.395 e. The van der Waals surface area contributed by atoms with Gasteiger partial charge in [0, 0.05) is 11.3 Å². The molecule has 3 N–H and O–H groups in total. The van der Waals surface area contributed by atoms with E-state index < -0.39 is 23.0 Å². The van der Waals surface area contributed by atoms with Crippen LogP contribution in [0.1, 0.15) is 79.6 Å². The van der Waals surface area contributed by atoms with Crippen LogP contribution in [-0.4, -0.2) is 40.4 Å². The third-order valence-electron chi connectivity index (χ3n) is 12.5. The predicted octanol–water partition coefficient (Wildman–Crippen LogP) is 4.68. The van der Waals surface area contributed by atoms with Crippen molar-refractivity contribution in [2.75, 3.05) is 6.61 Å². The molecule has 11 atom stereocenters. The van der Waals surface area contributed by atoms with Crippen molar-refractivity contribution in [3.8, 4) is 0 Å². The summed E-state index contributed by atoms with van der Waals surface area (Å²) in [4.78, 5) is 12.3. The molecule has 5 rings (SSSR count). The summed E-state index contributed by atoms with van der Waals surface area (Å²) in [5, 5.41) is 32.4. The van der Waals surface area contributed by atoms with Crippen LogP contribution < -0.4 is 0 Å². The van der Waals surface area contributed by atoms with Gasteiger partial charge in [-0.2, -0.15) is 0 Å². The van der Waals surface area contributed by atoms with Gasteiger partial charge in [0.05, 0.1) is 24.2 Å². The summed E-state index contributed by atoms with van der Waals surface area (Å²) in [7, 11) is 0. The molecular formula is C29H44O4. The van der Waals surface area contributed by atoms with E-state index in [4.69, 9.17) is 0 Å². The van der Waals surface area contributed by atoms with Crippen molar-refractivity contribution >= 4 is 6.29 Å². The molecule has 0 bridgehead atoms. The van der Waals surface area contributed by atoms with E-state index in [-0.39, 0.29) is 34.7 Å². The Morgan fingerprint density at radius 1 is 0.970 bits per heavy atom. The van der Waals surface area contributed by atoms with Gasteiger partial charge in [-0.3, -0.25) is 0 Å². The van der Waals surface area contributed by atoms with Crippen molar-refractivity contribution in [1.29, 1.82) is 0 Å². The van der Waals surface area contributed by atoms with Crippen LogP contribution in [0.5, 0.6) is 0 Å². The number of aliphatic hydroxyl groups is 3. The Morgan fingerprint density at radius 2 is 1.70 bits per heavy atom. The third-order valence-corrected chi connectivity index (χ3v) is 12.5. The van der Waals surface area contributed by atoms with Crippen molar-refractivity contribution in [3.63, 3.8) is 0 Å². The fraction of sp³-hybridized carbons (Fsp3) is 0.828. The number of carbonyl (C=O) groups excluding carboxylic acids is 1. The van der Waals surface area contributed by atoms with Crippen molar-refractivity contribution < 1.29 is 20.1 Å². The summed E-state index contributed by atoms with van der Waals surface area (Å²) in [6.45, 7) is 11.3. The van der Waals surface area contributed by atoms with Crippen LogP contribution >= 0.6 is 0 Å². The largest absolute Gasteiger partial charge is 0.395 e. The molecule has 0 aliphatic heterocycles. The molecular weight excluding hydrogens is 412 g/mol. The highest BCUT2D eigenvalue weighted by Gasteiger charge is 2.69. The molecule has 184 valence electrons. The van der Waals surface area contributed by atoms with Gasteiger partial charge in [-0.1, -0.05) is 52.8 Å². The summed E-state index contributed by atoms with van der Waals surface area (Å²) in [5.74, 6) is 1.19. The number of aliphatic hydroxyl groups excluding tert-OH is 3. The van der Waals surface area contributed by atoms with Crippen molar-refractivity contribution in [2.45, 2.75) is 91.8 Å². The summed E-state index contributed by atoms with van der Waals surface area (Å²) in [5.41, 5.74) is 0.239. The lowest BCUT2D eigenvalue weighted by Crippen LogP contribution is -2.66. The van der Waals surface area contributed by atoms with Crippen LogP contribution in [-0.2, 0) is 4.79 Å². The second kappa shape index (κ2) is 7.27. The van der Waals surface area contributed by atoms with Crippen LogP contribution in [0, 0.1) is 50.7 Å². The van der Waals surface area contributed by atoms with E-state index >= 15 is 0 Å². The molecule has 0 heterocycles. The molecule has 0 spiro atoms. The monoisotopic (exact) mass is 456 g/mol. The molecule has 0 aromatic carbocycles. The first-order valence-corrected chi connectivity index (χ1v) is 13.2. The quantitative estimate of drug-likeness (QED) is 0.528. The number of allylic oxidation sites excluding steroid dienone is 2. The lowest BCUT2D eigenvalue weighted by atomic mass is 9.33. The van der Waals surface area contributed by atoms with Gasteiger partial charge in [-0.05, 0) is 84.5 Å². The number of rotatable bonds is 2. The molecule has 5 aliphatic rings. The maximum atomic E-state index is 12.3. The molecule has 0 radical (unpaired) electrons. The van der Waals surface area contributed by atoms with Crippen LogP contribution in [0.3, 0.4) is 0 Å². The van der Waals surface area contributed by atoms with Crippen LogP contribution in [0.4, 0.5) is 0 Å². The van der Waals surface area contributed by atoms with E-state index in [2.05, 4.69) is 32.9 Å². The Balaban J connectivity index is 1.55. The number of hydrogen-bond donors (Lipinski definition) is 3. The van der Waals surface area contributed by atoms with E-state index in [1.54, 1.807) is 0 Å².